The molecule has 8 heteroatoms. The third kappa shape index (κ3) is 3.76. The standard InChI is InChI=1S/C29H37N3O5/c1-5-28-13-9-15-30(17-21-11-7-6-8-12-21)25(34)22(28)23-26(35)32(20(4)18-33)24-27(36)31(19(2)3)16-10-14-29(23,24)37-28/h6-14,19-20,22-24,33H,5,15-18H2,1-4H3/t20-,22+,23+,24?,28-,29+/m1/s1. The Morgan fingerprint density at radius 3 is 2.32 bits per heavy atom. The molecule has 1 N–H and O–H groups in total. The van der Waals surface area contributed by atoms with Crippen LogP contribution in [0.4, 0.5) is 0 Å². The molecule has 4 aliphatic heterocycles. The number of aliphatic hydroxyl groups excluding tert-OH is 1. The van der Waals surface area contributed by atoms with Gasteiger partial charge in [-0.2, -0.15) is 0 Å². The van der Waals surface area contributed by atoms with Crippen molar-refractivity contribution in [2.75, 3.05) is 19.7 Å². The maximum atomic E-state index is 14.3. The fraction of sp³-hybridized carbons (Fsp3) is 0.552. The molecule has 8 nitrogen and oxygen atoms in total. The fourth-order valence-corrected chi connectivity index (χ4v) is 6.74. The van der Waals surface area contributed by atoms with E-state index in [4.69, 9.17) is 4.74 Å². The minimum absolute atomic E-state index is 0.0809. The Hall–Kier alpha value is -2.97. The minimum atomic E-state index is -1.29. The van der Waals surface area contributed by atoms with Gasteiger partial charge in [0.05, 0.1) is 30.1 Å². The highest BCUT2D eigenvalue weighted by Crippen LogP contribution is 2.59. The molecule has 6 atom stereocenters. The smallest absolute Gasteiger partial charge is 0.249 e. The maximum Gasteiger partial charge on any atom is 0.249 e. The number of aliphatic hydroxyl groups is 1. The highest BCUT2D eigenvalue weighted by Gasteiger charge is 2.75. The number of amides is 3. The first-order chi connectivity index (χ1) is 17.7. The molecule has 4 heterocycles. The lowest BCUT2D eigenvalue weighted by molar-refractivity contribution is -0.157. The lowest BCUT2D eigenvalue weighted by atomic mass is 9.73. The second-order valence-corrected chi connectivity index (χ2v) is 11.0. The normalized spacial score (nSPS) is 33.9. The molecule has 0 bridgehead atoms. The molecular formula is C29H37N3O5. The number of ether oxygens (including phenoxy) is 1. The predicted octanol–water partition coefficient (Wildman–Crippen LogP) is 2.13. The number of carbonyl (C=O) groups is 3. The molecule has 4 aliphatic rings. The third-order valence-electron chi connectivity index (χ3n) is 8.57. The Morgan fingerprint density at radius 1 is 0.973 bits per heavy atom. The average Bonchev–Trinajstić information content (AvgIpc) is 3.19. The van der Waals surface area contributed by atoms with E-state index in [1.807, 2.05) is 75.4 Å². The Balaban J connectivity index is 1.64. The first-order valence-corrected chi connectivity index (χ1v) is 13.3. The molecule has 1 aromatic rings. The maximum absolute atomic E-state index is 14.3. The van der Waals surface area contributed by atoms with Crippen LogP contribution in [0.3, 0.4) is 0 Å². The van der Waals surface area contributed by atoms with Gasteiger partial charge >= 0.3 is 0 Å². The molecular weight excluding hydrogens is 470 g/mol. The summed E-state index contributed by atoms with van der Waals surface area (Å²) in [7, 11) is 0. The van der Waals surface area contributed by atoms with E-state index in [9.17, 15) is 19.5 Å². The van der Waals surface area contributed by atoms with Gasteiger partial charge in [-0.3, -0.25) is 14.4 Å². The third-order valence-corrected chi connectivity index (χ3v) is 8.57. The van der Waals surface area contributed by atoms with Crippen molar-refractivity contribution in [1.29, 1.82) is 0 Å². The van der Waals surface area contributed by atoms with Gasteiger partial charge in [-0.15, -0.1) is 0 Å². The van der Waals surface area contributed by atoms with Gasteiger partial charge in [0.1, 0.15) is 11.6 Å². The van der Waals surface area contributed by atoms with Crippen LogP contribution in [0.2, 0.25) is 0 Å². The lowest BCUT2D eigenvalue weighted by Crippen LogP contribution is -2.59. The molecule has 1 aromatic carbocycles. The van der Waals surface area contributed by atoms with Crippen LogP contribution >= 0.6 is 0 Å². The topological polar surface area (TPSA) is 90.4 Å². The number of rotatable bonds is 6. The van der Waals surface area contributed by atoms with Crippen LogP contribution in [0, 0.1) is 11.8 Å². The second kappa shape index (κ2) is 9.40. The zero-order valence-electron chi connectivity index (χ0n) is 22.0. The van der Waals surface area contributed by atoms with Gasteiger partial charge in [-0.05, 0) is 32.8 Å². The molecule has 1 spiro atoms. The van der Waals surface area contributed by atoms with Crippen molar-refractivity contribution < 1.29 is 24.2 Å². The number of fused-ring (bicyclic) bond motifs is 2. The highest BCUT2D eigenvalue weighted by atomic mass is 16.5. The van der Waals surface area contributed by atoms with Crippen LogP contribution in [0.5, 0.6) is 0 Å². The van der Waals surface area contributed by atoms with Crippen molar-refractivity contribution in [2.24, 2.45) is 11.8 Å². The molecule has 0 radical (unpaired) electrons. The summed E-state index contributed by atoms with van der Waals surface area (Å²) in [5.41, 5.74) is -1.30. The summed E-state index contributed by atoms with van der Waals surface area (Å²) < 4.78 is 6.93. The van der Waals surface area contributed by atoms with E-state index in [0.717, 1.165) is 5.56 Å². The van der Waals surface area contributed by atoms with Gasteiger partial charge in [-0.25, -0.2) is 0 Å². The number of hydrogen-bond donors (Lipinski definition) is 1. The fourth-order valence-electron chi connectivity index (χ4n) is 6.74. The van der Waals surface area contributed by atoms with Crippen molar-refractivity contribution in [3.8, 4) is 0 Å². The summed E-state index contributed by atoms with van der Waals surface area (Å²) in [5.74, 6) is -2.31. The largest absolute Gasteiger partial charge is 0.394 e. The molecule has 5 rings (SSSR count). The van der Waals surface area contributed by atoms with Gasteiger partial charge in [0, 0.05) is 25.7 Å². The Labute approximate surface area is 218 Å². The van der Waals surface area contributed by atoms with Crippen LogP contribution in [0.1, 0.15) is 39.7 Å². The summed E-state index contributed by atoms with van der Waals surface area (Å²) >= 11 is 0. The van der Waals surface area contributed by atoms with E-state index >= 15 is 0 Å². The molecule has 0 saturated carbocycles. The van der Waals surface area contributed by atoms with E-state index in [1.165, 1.54) is 4.90 Å². The predicted molar refractivity (Wildman–Crippen MR) is 138 cm³/mol. The van der Waals surface area contributed by atoms with Gasteiger partial charge in [0.2, 0.25) is 17.7 Å². The molecule has 0 aliphatic carbocycles. The molecule has 198 valence electrons. The van der Waals surface area contributed by atoms with Gasteiger partial charge in [-0.1, -0.05) is 61.6 Å². The van der Waals surface area contributed by atoms with Crippen molar-refractivity contribution in [1.82, 2.24) is 14.7 Å². The number of hydrogen-bond acceptors (Lipinski definition) is 5. The number of benzene rings is 1. The first-order valence-electron chi connectivity index (χ1n) is 13.3. The van der Waals surface area contributed by atoms with E-state index in [2.05, 4.69) is 0 Å². The Kier molecular flexibility index (Phi) is 6.52. The van der Waals surface area contributed by atoms with Crippen molar-refractivity contribution in [2.45, 2.75) is 70.0 Å². The molecule has 3 amide bonds. The summed E-state index contributed by atoms with van der Waals surface area (Å²) in [6.45, 7) is 8.53. The number of likely N-dealkylation sites (tertiary alicyclic amines) is 1. The quantitative estimate of drug-likeness (QED) is 0.596. The van der Waals surface area contributed by atoms with Crippen molar-refractivity contribution >= 4 is 17.7 Å². The minimum Gasteiger partial charge on any atom is -0.394 e. The summed E-state index contributed by atoms with van der Waals surface area (Å²) in [6, 6.07) is 8.16. The van der Waals surface area contributed by atoms with Crippen molar-refractivity contribution in [3.05, 3.63) is 60.2 Å². The van der Waals surface area contributed by atoms with E-state index in [-0.39, 0.29) is 30.4 Å². The van der Waals surface area contributed by atoms with Crippen LogP contribution in [-0.4, -0.2) is 86.6 Å². The molecule has 2 fully saturated rings. The molecule has 2 saturated heterocycles. The summed E-state index contributed by atoms with van der Waals surface area (Å²) in [4.78, 5) is 47.6. The number of nitrogens with zero attached hydrogens (tertiary/aromatic N) is 3. The lowest BCUT2D eigenvalue weighted by Gasteiger charge is -2.40. The SMILES string of the molecule is CC[C@@]12C=CCN(Cc3ccccc3)C(=O)[C@@H]1[C@H]1C(=O)N([C@H](C)CO)C3C(=O)N(C(C)C)CC=C[C@@]31O2. The summed E-state index contributed by atoms with van der Waals surface area (Å²) in [5, 5.41) is 10.1. The molecule has 1 unspecified atom stereocenters. The van der Waals surface area contributed by atoms with E-state index < -0.39 is 35.1 Å². The highest BCUT2D eigenvalue weighted by molar-refractivity contribution is 6.00. The van der Waals surface area contributed by atoms with Gasteiger partial charge in [0.15, 0.2) is 0 Å². The van der Waals surface area contributed by atoms with Crippen molar-refractivity contribution in [3.63, 3.8) is 0 Å². The Bertz CT molecular complexity index is 1130. The zero-order chi connectivity index (χ0) is 26.5. The van der Waals surface area contributed by atoms with Gasteiger partial charge in [0.25, 0.3) is 0 Å². The van der Waals surface area contributed by atoms with Crippen LogP contribution in [0.25, 0.3) is 0 Å². The monoisotopic (exact) mass is 507 g/mol. The molecule has 37 heavy (non-hydrogen) atoms. The average molecular weight is 508 g/mol. The molecule has 0 aromatic heterocycles. The van der Waals surface area contributed by atoms with E-state index in [1.54, 1.807) is 16.7 Å². The first kappa shape index (κ1) is 25.7. The van der Waals surface area contributed by atoms with E-state index in [0.29, 0.717) is 26.1 Å². The van der Waals surface area contributed by atoms with Crippen LogP contribution in [-0.2, 0) is 25.7 Å². The number of carbonyl (C=O) groups excluding carboxylic acids is 3. The van der Waals surface area contributed by atoms with Crippen LogP contribution in [0.15, 0.2) is 54.6 Å². The zero-order valence-corrected chi connectivity index (χ0v) is 22.0. The van der Waals surface area contributed by atoms with Crippen LogP contribution < -0.4 is 0 Å². The second-order valence-electron chi connectivity index (χ2n) is 11.0. The summed E-state index contributed by atoms with van der Waals surface area (Å²) in [6.07, 6.45) is 8.15. The Morgan fingerprint density at radius 2 is 1.68 bits per heavy atom. The van der Waals surface area contributed by atoms with Gasteiger partial charge < -0.3 is 24.5 Å².